The third-order valence-electron chi connectivity index (χ3n) is 4.40. The minimum atomic E-state index is -1.21. The molecule has 0 radical (unpaired) electrons. The SMILES string of the molecule is CCC[C@@H]1C/C(=C/[Si](C)(C)C)C[C@H](CCC(=O)c2ccccc2)O1. The predicted molar refractivity (Wildman–Crippen MR) is 104 cm³/mol. The number of carbonyl (C=O) groups is 1. The highest BCUT2D eigenvalue weighted by Gasteiger charge is 2.26. The van der Waals surface area contributed by atoms with Gasteiger partial charge in [-0.3, -0.25) is 4.79 Å². The molecule has 0 saturated carbocycles. The van der Waals surface area contributed by atoms with E-state index < -0.39 is 8.07 Å². The molecule has 0 aromatic heterocycles. The molecule has 1 aromatic carbocycles. The van der Waals surface area contributed by atoms with Crippen LogP contribution in [0.2, 0.25) is 19.6 Å². The summed E-state index contributed by atoms with van der Waals surface area (Å²) in [6.07, 6.45) is 6.30. The smallest absolute Gasteiger partial charge is 0.162 e. The molecule has 1 saturated heterocycles. The summed E-state index contributed by atoms with van der Waals surface area (Å²) in [5.41, 5.74) is 4.93. The van der Waals surface area contributed by atoms with E-state index in [0.29, 0.717) is 12.5 Å². The van der Waals surface area contributed by atoms with E-state index in [1.54, 1.807) is 5.57 Å². The van der Waals surface area contributed by atoms with E-state index in [-0.39, 0.29) is 11.9 Å². The van der Waals surface area contributed by atoms with E-state index in [0.717, 1.165) is 37.7 Å². The largest absolute Gasteiger partial charge is 0.374 e. The molecule has 0 amide bonds. The second-order valence-electron chi connectivity index (χ2n) is 8.07. The number of hydrogen-bond acceptors (Lipinski definition) is 2. The Morgan fingerprint density at radius 3 is 2.33 bits per heavy atom. The third kappa shape index (κ3) is 6.37. The summed E-state index contributed by atoms with van der Waals surface area (Å²) in [5, 5.41) is 0. The molecule has 1 aromatic rings. The number of benzene rings is 1. The van der Waals surface area contributed by atoms with Crippen LogP contribution in [0.25, 0.3) is 0 Å². The fourth-order valence-electron chi connectivity index (χ4n) is 3.49. The second kappa shape index (κ2) is 8.77. The lowest BCUT2D eigenvalue weighted by molar-refractivity contribution is -0.0385. The Balaban J connectivity index is 1.97. The monoisotopic (exact) mass is 344 g/mol. The second-order valence-corrected chi connectivity index (χ2v) is 13.1. The van der Waals surface area contributed by atoms with Gasteiger partial charge in [-0.15, -0.1) is 0 Å². The Labute approximate surface area is 148 Å². The van der Waals surface area contributed by atoms with Crippen LogP contribution >= 0.6 is 0 Å². The summed E-state index contributed by atoms with van der Waals surface area (Å²) in [6.45, 7) is 9.38. The summed E-state index contributed by atoms with van der Waals surface area (Å²) in [5.74, 6) is 0.229. The maximum atomic E-state index is 12.3. The molecule has 1 aliphatic rings. The number of ketones is 1. The van der Waals surface area contributed by atoms with Gasteiger partial charge in [-0.25, -0.2) is 0 Å². The maximum Gasteiger partial charge on any atom is 0.162 e. The minimum Gasteiger partial charge on any atom is -0.374 e. The van der Waals surface area contributed by atoms with Crippen molar-refractivity contribution in [3.8, 4) is 0 Å². The Kier molecular flexibility index (Phi) is 6.99. The van der Waals surface area contributed by atoms with E-state index >= 15 is 0 Å². The van der Waals surface area contributed by atoms with Crippen LogP contribution in [0.4, 0.5) is 0 Å². The van der Waals surface area contributed by atoms with Gasteiger partial charge < -0.3 is 4.74 Å². The van der Waals surface area contributed by atoms with Crippen LogP contribution in [0.3, 0.4) is 0 Å². The first-order chi connectivity index (χ1) is 11.4. The molecule has 1 fully saturated rings. The highest BCUT2D eigenvalue weighted by atomic mass is 28.3. The molecule has 3 heteroatoms. The quantitative estimate of drug-likeness (QED) is 0.461. The summed E-state index contributed by atoms with van der Waals surface area (Å²) in [6, 6.07) is 9.61. The Morgan fingerprint density at radius 1 is 1.12 bits per heavy atom. The molecular weight excluding hydrogens is 312 g/mol. The van der Waals surface area contributed by atoms with Crippen LogP contribution in [0.5, 0.6) is 0 Å². The van der Waals surface area contributed by atoms with Gasteiger partial charge in [-0.2, -0.15) is 0 Å². The van der Waals surface area contributed by atoms with Crippen molar-refractivity contribution < 1.29 is 9.53 Å². The van der Waals surface area contributed by atoms with Gasteiger partial charge in [0.25, 0.3) is 0 Å². The van der Waals surface area contributed by atoms with E-state index in [9.17, 15) is 4.79 Å². The van der Waals surface area contributed by atoms with Crippen molar-refractivity contribution in [3.63, 3.8) is 0 Å². The molecule has 0 unspecified atom stereocenters. The summed E-state index contributed by atoms with van der Waals surface area (Å²) < 4.78 is 6.28. The zero-order valence-electron chi connectivity index (χ0n) is 15.7. The van der Waals surface area contributed by atoms with Crippen LogP contribution < -0.4 is 0 Å². The van der Waals surface area contributed by atoms with Crippen molar-refractivity contribution in [2.75, 3.05) is 0 Å². The fourth-order valence-corrected chi connectivity index (χ4v) is 4.95. The molecule has 24 heavy (non-hydrogen) atoms. The number of Topliss-reactive ketones (excluding diaryl/α,β-unsaturated/α-hetero) is 1. The van der Waals surface area contributed by atoms with Crippen molar-refractivity contribution in [1.82, 2.24) is 0 Å². The van der Waals surface area contributed by atoms with Crippen molar-refractivity contribution >= 4 is 13.9 Å². The van der Waals surface area contributed by atoms with E-state index in [1.807, 2.05) is 30.3 Å². The number of ether oxygens (including phenoxy) is 1. The minimum absolute atomic E-state index is 0.200. The van der Waals surface area contributed by atoms with Gasteiger partial charge in [0.1, 0.15) is 0 Å². The number of hydrogen-bond donors (Lipinski definition) is 0. The summed E-state index contributed by atoms with van der Waals surface area (Å²) >= 11 is 0. The van der Waals surface area contributed by atoms with Gasteiger partial charge in [-0.05, 0) is 25.7 Å². The van der Waals surface area contributed by atoms with Crippen molar-refractivity contribution in [2.45, 2.75) is 77.3 Å². The van der Waals surface area contributed by atoms with Crippen LogP contribution in [-0.4, -0.2) is 26.1 Å². The van der Waals surface area contributed by atoms with Gasteiger partial charge >= 0.3 is 0 Å². The molecule has 0 N–H and O–H groups in total. The van der Waals surface area contributed by atoms with Gasteiger partial charge in [0.15, 0.2) is 5.78 Å². The number of rotatable bonds is 7. The van der Waals surface area contributed by atoms with Gasteiger partial charge in [0, 0.05) is 12.0 Å². The van der Waals surface area contributed by atoms with Crippen molar-refractivity contribution in [3.05, 3.63) is 47.2 Å². The zero-order chi connectivity index (χ0) is 17.6. The average Bonchev–Trinajstić information content (AvgIpc) is 2.52. The summed E-state index contributed by atoms with van der Waals surface area (Å²) in [4.78, 5) is 12.3. The van der Waals surface area contributed by atoms with Gasteiger partial charge in [0.2, 0.25) is 0 Å². The maximum absolute atomic E-state index is 12.3. The lowest BCUT2D eigenvalue weighted by atomic mass is 9.93. The Hall–Kier alpha value is -1.19. The topological polar surface area (TPSA) is 26.3 Å². The highest BCUT2D eigenvalue weighted by Crippen LogP contribution is 2.30. The molecule has 1 heterocycles. The molecule has 1 aliphatic heterocycles. The first-order valence-electron chi connectivity index (χ1n) is 9.31. The molecular formula is C21H32O2Si. The first-order valence-corrected chi connectivity index (χ1v) is 12.9. The van der Waals surface area contributed by atoms with E-state index in [2.05, 4.69) is 32.3 Å². The molecule has 0 bridgehead atoms. The standard InChI is InChI=1S/C21H32O2Si/c1-5-9-19-14-17(16-24(2,3)4)15-20(23-19)12-13-21(22)18-10-7-6-8-11-18/h6-8,10-11,16,19-20H,5,9,12-15H2,1-4H3/b17-16-/t19-,20+/m1/s1. The first kappa shape index (κ1) is 19.1. The molecule has 2 atom stereocenters. The van der Waals surface area contributed by atoms with Crippen LogP contribution in [0, 0.1) is 0 Å². The predicted octanol–water partition coefficient (Wildman–Crippen LogP) is 5.80. The lowest BCUT2D eigenvalue weighted by Crippen LogP contribution is -2.31. The summed E-state index contributed by atoms with van der Waals surface area (Å²) in [7, 11) is -1.21. The average molecular weight is 345 g/mol. The van der Waals surface area contributed by atoms with Crippen molar-refractivity contribution in [1.29, 1.82) is 0 Å². The van der Waals surface area contributed by atoms with Crippen molar-refractivity contribution in [2.24, 2.45) is 0 Å². The fraction of sp³-hybridized carbons (Fsp3) is 0.571. The third-order valence-corrected chi connectivity index (χ3v) is 5.68. The Morgan fingerprint density at radius 2 is 1.75 bits per heavy atom. The highest BCUT2D eigenvalue weighted by molar-refractivity contribution is 6.81. The van der Waals surface area contributed by atoms with E-state index in [4.69, 9.17) is 4.74 Å². The van der Waals surface area contributed by atoms with Crippen LogP contribution in [0.1, 0.15) is 55.8 Å². The molecule has 0 aliphatic carbocycles. The van der Waals surface area contributed by atoms with Crippen LogP contribution in [0.15, 0.2) is 41.6 Å². The molecule has 0 spiro atoms. The molecule has 2 nitrogen and oxygen atoms in total. The zero-order valence-corrected chi connectivity index (χ0v) is 16.7. The van der Waals surface area contributed by atoms with Gasteiger partial charge in [0.05, 0.1) is 20.3 Å². The lowest BCUT2D eigenvalue weighted by Gasteiger charge is -2.33. The Bertz CT molecular complexity index is 557. The molecule has 132 valence electrons. The molecule has 2 rings (SSSR count). The van der Waals surface area contributed by atoms with E-state index in [1.165, 1.54) is 0 Å². The normalized spacial score (nSPS) is 23.4. The van der Waals surface area contributed by atoms with Gasteiger partial charge in [-0.1, -0.05) is 74.6 Å². The van der Waals surface area contributed by atoms with Crippen LogP contribution in [-0.2, 0) is 4.74 Å². The number of carbonyl (C=O) groups excluding carboxylic acids is 1.